The van der Waals surface area contributed by atoms with Gasteiger partial charge in [-0.2, -0.15) is 0 Å². The van der Waals surface area contributed by atoms with Crippen LogP contribution in [-0.2, 0) is 19.1 Å². The van der Waals surface area contributed by atoms with Gasteiger partial charge in [0.2, 0.25) is 0 Å². The lowest BCUT2D eigenvalue weighted by Crippen LogP contribution is -2.45. The molecular formula is C15H16O5. The molecule has 1 aliphatic rings. The van der Waals surface area contributed by atoms with Crippen molar-refractivity contribution in [1.82, 2.24) is 0 Å². The van der Waals surface area contributed by atoms with E-state index in [2.05, 4.69) is 0 Å². The molecule has 0 spiro atoms. The number of carboxylic acids is 1. The average molecular weight is 276 g/mol. The number of ether oxygens (including phenoxy) is 2. The molecule has 1 aromatic carbocycles. The number of hydrogen-bond donors (Lipinski definition) is 1. The van der Waals surface area contributed by atoms with Crippen LogP contribution in [0.3, 0.4) is 0 Å². The fourth-order valence-electron chi connectivity index (χ4n) is 1.94. The van der Waals surface area contributed by atoms with E-state index in [-0.39, 0.29) is 0 Å². The van der Waals surface area contributed by atoms with Crippen molar-refractivity contribution in [1.29, 1.82) is 0 Å². The summed E-state index contributed by atoms with van der Waals surface area (Å²) in [5.74, 6) is -4.37. The molecule has 0 radical (unpaired) electrons. The van der Waals surface area contributed by atoms with Crippen LogP contribution in [-0.4, -0.2) is 28.9 Å². The van der Waals surface area contributed by atoms with Crippen molar-refractivity contribution >= 4 is 18.0 Å². The Morgan fingerprint density at radius 2 is 2.00 bits per heavy atom. The van der Waals surface area contributed by atoms with E-state index in [9.17, 15) is 14.7 Å². The van der Waals surface area contributed by atoms with Gasteiger partial charge in [-0.05, 0) is 11.6 Å². The van der Waals surface area contributed by atoms with Crippen molar-refractivity contribution < 1.29 is 24.2 Å². The quantitative estimate of drug-likeness (QED) is 0.852. The summed E-state index contributed by atoms with van der Waals surface area (Å²) in [4.78, 5) is 23.1. The highest BCUT2D eigenvalue weighted by Crippen LogP contribution is 2.33. The van der Waals surface area contributed by atoms with Crippen LogP contribution >= 0.6 is 0 Å². The van der Waals surface area contributed by atoms with E-state index in [1.54, 1.807) is 19.9 Å². The Kier molecular flexibility index (Phi) is 3.90. The molecular weight excluding hydrogens is 260 g/mol. The van der Waals surface area contributed by atoms with Crippen molar-refractivity contribution in [2.24, 2.45) is 5.92 Å². The lowest BCUT2D eigenvalue weighted by Gasteiger charge is -2.25. The highest BCUT2D eigenvalue weighted by atomic mass is 16.8. The number of hydrogen-bond acceptors (Lipinski definition) is 4. The van der Waals surface area contributed by atoms with Crippen molar-refractivity contribution in [2.75, 3.05) is 0 Å². The van der Waals surface area contributed by atoms with Crippen LogP contribution in [0.15, 0.2) is 36.4 Å². The highest BCUT2D eigenvalue weighted by Gasteiger charge is 2.55. The first-order valence-corrected chi connectivity index (χ1v) is 6.33. The van der Waals surface area contributed by atoms with Gasteiger partial charge in [0.1, 0.15) is 0 Å². The minimum Gasteiger partial charge on any atom is -0.476 e. The summed E-state index contributed by atoms with van der Waals surface area (Å²) in [7, 11) is 0. The van der Waals surface area contributed by atoms with Crippen molar-refractivity contribution in [3.8, 4) is 0 Å². The van der Waals surface area contributed by atoms with Crippen molar-refractivity contribution in [3.05, 3.63) is 42.0 Å². The van der Waals surface area contributed by atoms with Gasteiger partial charge in [-0.25, -0.2) is 9.59 Å². The van der Waals surface area contributed by atoms with E-state index in [0.29, 0.717) is 0 Å². The molecule has 1 aromatic rings. The predicted octanol–water partition coefficient (Wildman–Crippen LogP) is 2.08. The Labute approximate surface area is 116 Å². The highest BCUT2D eigenvalue weighted by molar-refractivity contribution is 5.87. The second-order valence-corrected chi connectivity index (χ2v) is 4.86. The number of cyclic esters (lactones) is 1. The minimum absolute atomic E-state index is 0.487. The molecule has 106 valence electrons. The molecule has 2 rings (SSSR count). The molecule has 2 unspecified atom stereocenters. The second-order valence-electron chi connectivity index (χ2n) is 4.86. The normalized spacial score (nSPS) is 26.1. The van der Waals surface area contributed by atoms with Crippen molar-refractivity contribution in [2.45, 2.75) is 25.7 Å². The first kappa shape index (κ1) is 14.3. The zero-order valence-electron chi connectivity index (χ0n) is 11.3. The fourth-order valence-corrected chi connectivity index (χ4v) is 1.94. The summed E-state index contributed by atoms with van der Waals surface area (Å²) < 4.78 is 10.3. The molecule has 1 fully saturated rings. The monoisotopic (exact) mass is 276 g/mol. The zero-order valence-corrected chi connectivity index (χ0v) is 11.3. The third-order valence-electron chi connectivity index (χ3n) is 3.11. The number of carbonyl (C=O) groups is 2. The first-order valence-electron chi connectivity index (χ1n) is 6.33. The third kappa shape index (κ3) is 2.58. The molecule has 1 saturated heterocycles. The molecule has 1 heterocycles. The van der Waals surface area contributed by atoms with Crippen LogP contribution in [0.2, 0.25) is 0 Å². The maximum Gasteiger partial charge on any atom is 0.377 e. The number of carbonyl (C=O) groups excluding carboxylic acids is 1. The van der Waals surface area contributed by atoms with Crippen LogP contribution in [0.4, 0.5) is 0 Å². The standard InChI is InChI=1S/C15H16O5/c1-10(2)15(14(17)18)19-12(13(16)20-15)9-8-11-6-4-3-5-7-11/h3-10,12H,1-2H3,(H,17,18)/b9-8+. The maximum atomic E-state index is 11.8. The summed E-state index contributed by atoms with van der Waals surface area (Å²) in [6.45, 7) is 3.26. The maximum absolute atomic E-state index is 11.8. The van der Waals surface area contributed by atoms with Gasteiger partial charge < -0.3 is 14.6 Å². The van der Waals surface area contributed by atoms with Gasteiger partial charge >= 0.3 is 17.7 Å². The molecule has 0 saturated carbocycles. The van der Waals surface area contributed by atoms with Gasteiger partial charge in [-0.1, -0.05) is 50.3 Å². The third-order valence-corrected chi connectivity index (χ3v) is 3.11. The molecule has 1 N–H and O–H groups in total. The van der Waals surface area contributed by atoms with Gasteiger partial charge in [-0.15, -0.1) is 0 Å². The molecule has 0 aliphatic carbocycles. The van der Waals surface area contributed by atoms with E-state index in [0.717, 1.165) is 5.56 Å². The smallest absolute Gasteiger partial charge is 0.377 e. The van der Waals surface area contributed by atoms with Gasteiger partial charge in [-0.3, -0.25) is 0 Å². The van der Waals surface area contributed by atoms with Gasteiger partial charge in [0, 0.05) is 5.92 Å². The molecule has 2 atom stereocenters. The Morgan fingerprint density at radius 3 is 2.50 bits per heavy atom. The number of rotatable bonds is 4. The molecule has 20 heavy (non-hydrogen) atoms. The number of benzene rings is 1. The number of aliphatic carboxylic acids is 1. The fraction of sp³-hybridized carbons (Fsp3) is 0.333. The summed E-state index contributed by atoms with van der Waals surface area (Å²) >= 11 is 0. The Bertz CT molecular complexity index is 534. The van der Waals surface area contributed by atoms with Crippen LogP contribution in [0.5, 0.6) is 0 Å². The zero-order chi connectivity index (χ0) is 14.8. The number of carboxylic acid groups (broad SMARTS) is 1. The van der Waals surface area contributed by atoms with Crippen LogP contribution in [0, 0.1) is 5.92 Å². The predicted molar refractivity (Wildman–Crippen MR) is 71.6 cm³/mol. The SMILES string of the molecule is CC(C)C1(C(=O)O)OC(=O)C(/C=C/c2ccccc2)O1. The molecule has 0 amide bonds. The summed E-state index contributed by atoms with van der Waals surface area (Å²) in [6, 6.07) is 9.34. The van der Waals surface area contributed by atoms with E-state index >= 15 is 0 Å². The Hall–Kier alpha value is -2.14. The lowest BCUT2D eigenvalue weighted by molar-refractivity contribution is -0.218. The molecule has 1 aliphatic heterocycles. The van der Waals surface area contributed by atoms with Crippen LogP contribution in [0.1, 0.15) is 19.4 Å². The van der Waals surface area contributed by atoms with E-state index in [1.165, 1.54) is 6.08 Å². The second kappa shape index (κ2) is 5.46. The lowest BCUT2D eigenvalue weighted by atomic mass is 10.0. The molecule has 5 heteroatoms. The molecule has 0 aromatic heterocycles. The molecule has 5 nitrogen and oxygen atoms in total. The van der Waals surface area contributed by atoms with E-state index < -0.39 is 29.7 Å². The first-order chi connectivity index (χ1) is 9.45. The van der Waals surface area contributed by atoms with Crippen LogP contribution < -0.4 is 0 Å². The minimum atomic E-state index is -1.90. The van der Waals surface area contributed by atoms with Crippen molar-refractivity contribution in [3.63, 3.8) is 0 Å². The van der Waals surface area contributed by atoms with Crippen LogP contribution in [0.25, 0.3) is 6.08 Å². The van der Waals surface area contributed by atoms with E-state index in [4.69, 9.17) is 9.47 Å². The summed E-state index contributed by atoms with van der Waals surface area (Å²) in [5.41, 5.74) is 0.890. The molecule has 0 bridgehead atoms. The Balaban J connectivity index is 2.17. The Morgan fingerprint density at radius 1 is 1.35 bits per heavy atom. The topological polar surface area (TPSA) is 72.8 Å². The number of esters is 1. The van der Waals surface area contributed by atoms with Gasteiger partial charge in [0.15, 0.2) is 6.10 Å². The summed E-state index contributed by atoms with van der Waals surface area (Å²) in [6.07, 6.45) is 2.20. The van der Waals surface area contributed by atoms with Gasteiger partial charge in [0.05, 0.1) is 0 Å². The van der Waals surface area contributed by atoms with E-state index in [1.807, 2.05) is 30.3 Å². The van der Waals surface area contributed by atoms with Gasteiger partial charge in [0.25, 0.3) is 0 Å². The summed E-state index contributed by atoms with van der Waals surface area (Å²) in [5, 5.41) is 9.23. The average Bonchev–Trinajstić information content (AvgIpc) is 2.76. The largest absolute Gasteiger partial charge is 0.476 e.